The highest BCUT2D eigenvalue weighted by molar-refractivity contribution is 7.92. The van der Waals surface area contributed by atoms with Crippen LogP contribution in [-0.4, -0.2) is 53.4 Å². The number of aliphatic hydroxyl groups is 2. The molecule has 8 nitrogen and oxygen atoms in total. The monoisotopic (exact) mass is 584 g/mol. The maximum Gasteiger partial charge on any atom is 0.255 e. The summed E-state index contributed by atoms with van der Waals surface area (Å²) in [7, 11) is -4.03. The average molecular weight is 585 g/mol. The summed E-state index contributed by atoms with van der Waals surface area (Å²) in [6.45, 7) is 3.12. The Hall–Kier alpha value is -2.60. The van der Waals surface area contributed by atoms with Gasteiger partial charge in [0.25, 0.3) is 5.91 Å². The Kier molecular flexibility index (Phi) is 8.11. The van der Waals surface area contributed by atoms with E-state index in [4.69, 9.17) is 11.6 Å². The third kappa shape index (κ3) is 6.26. The molecule has 2 fully saturated rings. The summed E-state index contributed by atoms with van der Waals surface area (Å²) >= 11 is 6.26. The SMILES string of the molecule is CC(C)(O)CNC(=O)C[C@]1(O)C2CCC1C[C@@H](S(=O)(=O)c1cc(C(=O)Nc3ccc(F)c(F)c3)ccc1Cl)C2. The lowest BCUT2D eigenvalue weighted by molar-refractivity contribution is -0.133. The molecule has 2 bridgehead atoms. The number of anilines is 1. The number of hydrogen-bond acceptors (Lipinski definition) is 6. The fourth-order valence-corrected chi connectivity index (χ4v) is 8.01. The van der Waals surface area contributed by atoms with Gasteiger partial charge < -0.3 is 20.8 Å². The summed E-state index contributed by atoms with van der Waals surface area (Å²) in [5.41, 5.74) is -2.51. The highest BCUT2D eigenvalue weighted by Gasteiger charge is 2.56. The lowest BCUT2D eigenvalue weighted by Gasteiger charge is -2.42. The molecule has 212 valence electrons. The molecule has 0 radical (unpaired) electrons. The van der Waals surface area contributed by atoms with E-state index in [-0.39, 0.29) is 47.0 Å². The number of amides is 2. The van der Waals surface area contributed by atoms with Gasteiger partial charge in [-0.25, -0.2) is 17.2 Å². The molecule has 4 rings (SSSR count). The number of halogens is 3. The average Bonchev–Trinajstić information content (AvgIpc) is 3.00. The van der Waals surface area contributed by atoms with Crippen LogP contribution in [0.4, 0.5) is 14.5 Å². The van der Waals surface area contributed by atoms with Crippen LogP contribution in [0.15, 0.2) is 41.3 Å². The zero-order chi connectivity index (χ0) is 28.8. The van der Waals surface area contributed by atoms with Crippen molar-refractivity contribution >= 4 is 38.9 Å². The fraction of sp³-hybridized carbons (Fsp3) is 0.481. The van der Waals surface area contributed by atoms with Gasteiger partial charge in [-0.2, -0.15) is 0 Å². The summed E-state index contributed by atoms with van der Waals surface area (Å²) in [5.74, 6) is -4.22. The number of fused-ring (bicyclic) bond motifs is 2. The van der Waals surface area contributed by atoms with Gasteiger partial charge in [0.2, 0.25) is 5.91 Å². The van der Waals surface area contributed by atoms with Crippen LogP contribution in [0.5, 0.6) is 0 Å². The molecule has 2 aromatic rings. The van der Waals surface area contributed by atoms with Crippen molar-refractivity contribution in [3.05, 3.63) is 58.6 Å². The molecule has 2 amide bonds. The third-order valence-corrected chi connectivity index (χ3v) is 10.3. The normalized spacial score (nSPS) is 24.8. The zero-order valence-corrected chi connectivity index (χ0v) is 23.1. The van der Waals surface area contributed by atoms with Crippen LogP contribution in [0.3, 0.4) is 0 Å². The first-order chi connectivity index (χ1) is 18.1. The number of rotatable bonds is 8. The molecule has 2 aliphatic carbocycles. The van der Waals surface area contributed by atoms with E-state index in [1.807, 2.05) is 0 Å². The summed E-state index contributed by atoms with van der Waals surface area (Å²) in [4.78, 5) is 25.0. The van der Waals surface area contributed by atoms with Crippen LogP contribution < -0.4 is 10.6 Å². The van der Waals surface area contributed by atoms with Gasteiger partial charge in [-0.3, -0.25) is 9.59 Å². The Morgan fingerprint density at radius 2 is 1.72 bits per heavy atom. The van der Waals surface area contributed by atoms with Crippen molar-refractivity contribution in [2.75, 3.05) is 11.9 Å². The molecule has 0 aliphatic heterocycles. The number of carbonyl (C=O) groups excluding carboxylic acids is 2. The van der Waals surface area contributed by atoms with E-state index < -0.39 is 61.6 Å². The van der Waals surface area contributed by atoms with E-state index in [1.54, 1.807) is 13.8 Å². The summed E-state index contributed by atoms with van der Waals surface area (Å²) < 4.78 is 54.1. The van der Waals surface area contributed by atoms with Crippen molar-refractivity contribution in [2.24, 2.45) is 11.8 Å². The number of benzene rings is 2. The van der Waals surface area contributed by atoms with Gasteiger partial charge in [0.15, 0.2) is 21.5 Å². The van der Waals surface area contributed by atoms with Crippen LogP contribution in [0, 0.1) is 23.5 Å². The zero-order valence-electron chi connectivity index (χ0n) is 21.5. The maximum absolute atomic E-state index is 13.7. The molecule has 0 heterocycles. The first-order valence-electron chi connectivity index (χ1n) is 12.6. The predicted molar refractivity (Wildman–Crippen MR) is 141 cm³/mol. The molecule has 0 aromatic heterocycles. The van der Waals surface area contributed by atoms with Crippen LogP contribution in [-0.2, 0) is 14.6 Å². The molecule has 2 aromatic carbocycles. The van der Waals surface area contributed by atoms with E-state index in [0.29, 0.717) is 12.8 Å². The predicted octanol–water partition coefficient (Wildman–Crippen LogP) is 3.84. The second kappa shape index (κ2) is 10.8. The highest BCUT2D eigenvalue weighted by atomic mass is 35.5. The van der Waals surface area contributed by atoms with E-state index in [0.717, 1.165) is 18.2 Å². The van der Waals surface area contributed by atoms with Crippen molar-refractivity contribution in [3.63, 3.8) is 0 Å². The molecule has 2 unspecified atom stereocenters. The van der Waals surface area contributed by atoms with Gasteiger partial charge in [-0.1, -0.05) is 11.6 Å². The molecule has 39 heavy (non-hydrogen) atoms. The number of sulfone groups is 1. The molecular formula is C27H31ClF2N2O6S. The van der Waals surface area contributed by atoms with Crippen LogP contribution in [0.25, 0.3) is 0 Å². The van der Waals surface area contributed by atoms with Gasteiger partial charge >= 0.3 is 0 Å². The van der Waals surface area contributed by atoms with E-state index in [2.05, 4.69) is 10.6 Å². The summed E-state index contributed by atoms with van der Waals surface area (Å²) in [6.07, 6.45) is 1.18. The standard InChI is InChI=1S/C27H31ClF2N2O6S/c1-26(2,35)14-31-24(33)13-27(36)16-4-5-17(27)11-19(10-16)39(37,38)23-9-15(3-7-20(23)28)25(34)32-18-6-8-21(29)22(30)12-18/h3,6-9,12,16-17,19,35-36H,4-5,10-11,13-14H2,1-2H3,(H,31,33)(H,32,34)/t16?,17?,19-,27-. The lowest BCUT2D eigenvalue weighted by atomic mass is 9.72. The van der Waals surface area contributed by atoms with Gasteiger partial charge in [0.05, 0.1) is 32.8 Å². The quantitative estimate of drug-likeness (QED) is 0.373. The Balaban J connectivity index is 1.51. The van der Waals surface area contributed by atoms with E-state index in [9.17, 15) is 37.0 Å². The minimum absolute atomic E-state index is 0.00649. The Morgan fingerprint density at radius 1 is 1.08 bits per heavy atom. The second-order valence-electron chi connectivity index (χ2n) is 11.1. The lowest BCUT2D eigenvalue weighted by Crippen LogP contribution is -2.51. The van der Waals surface area contributed by atoms with Crippen LogP contribution >= 0.6 is 11.6 Å². The minimum Gasteiger partial charge on any atom is -0.389 e. The molecule has 12 heteroatoms. The molecule has 2 atom stereocenters. The Bertz CT molecular complexity index is 1380. The first kappa shape index (κ1) is 29.4. The van der Waals surface area contributed by atoms with Crippen molar-refractivity contribution in [1.29, 1.82) is 0 Å². The van der Waals surface area contributed by atoms with E-state index >= 15 is 0 Å². The molecule has 2 aliphatic rings. The van der Waals surface area contributed by atoms with E-state index in [1.165, 1.54) is 18.2 Å². The highest BCUT2D eigenvalue weighted by Crippen LogP contribution is 2.53. The van der Waals surface area contributed by atoms with Gasteiger partial charge in [-0.15, -0.1) is 0 Å². The molecular weight excluding hydrogens is 554 g/mol. The van der Waals surface area contributed by atoms with Crippen LogP contribution in [0.1, 0.15) is 56.3 Å². The number of nitrogens with one attached hydrogen (secondary N) is 2. The Morgan fingerprint density at radius 3 is 2.31 bits per heavy atom. The largest absolute Gasteiger partial charge is 0.389 e. The van der Waals surface area contributed by atoms with Gasteiger partial charge in [-0.05, 0) is 81.7 Å². The third-order valence-electron chi connectivity index (χ3n) is 7.65. The summed E-state index contributed by atoms with van der Waals surface area (Å²) in [5, 5.41) is 25.3. The topological polar surface area (TPSA) is 133 Å². The molecule has 0 saturated heterocycles. The number of hydrogen-bond donors (Lipinski definition) is 4. The fourth-order valence-electron chi connectivity index (χ4n) is 5.61. The Labute approximate surface area is 230 Å². The van der Waals surface area contributed by atoms with Crippen molar-refractivity contribution in [2.45, 2.75) is 67.3 Å². The minimum atomic E-state index is -4.03. The number of carbonyl (C=O) groups is 2. The summed E-state index contributed by atoms with van der Waals surface area (Å²) in [6, 6.07) is 6.61. The maximum atomic E-state index is 13.7. The van der Waals surface area contributed by atoms with Crippen molar-refractivity contribution in [3.8, 4) is 0 Å². The second-order valence-corrected chi connectivity index (χ2v) is 13.7. The first-order valence-corrected chi connectivity index (χ1v) is 14.5. The van der Waals surface area contributed by atoms with Crippen molar-refractivity contribution in [1.82, 2.24) is 5.32 Å². The van der Waals surface area contributed by atoms with Crippen LogP contribution in [0.2, 0.25) is 5.02 Å². The smallest absolute Gasteiger partial charge is 0.255 e. The van der Waals surface area contributed by atoms with Gasteiger partial charge in [0.1, 0.15) is 0 Å². The van der Waals surface area contributed by atoms with Gasteiger partial charge in [0, 0.05) is 23.9 Å². The molecule has 4 N–H and O–H groups in total. The molecule has 0 spiro atoms. The molecule has 2 saturated carbocycles. The van der Waals surface area contributed by atoms with Crippen molar-refractivity contribution < 1.29 is 37.0 Å².